The van der Waals surface area contributed by atoms with Crippen LogP contribution < -0.4 is 5.32 Å². The van der Waals surface area contributed by atoms with Gasteiger partial charge in [-0.25, -0.2) is 0 Å². The van der Waals surface area contributed by atoms with Gasteiger partial charge < -0.3 is 10.2 Å². The SMILES string of the molecule is CN1CC2NCCc3ccsc3C2C1. The molecule has 3 heterocycles. The molecule has 1 fully saturated rings. The number of hydrogen-bond donors (Lipinski definition) is 1. The number of thiophene rings is 1. The fraction of sp³-hybridized carbons (Fsp3) is 0.636. The van der Waals surface area contributed by atoms with Crippen molar-refractivity contribution in [2.75, 3.05) is 26.7 Å². The number of fused-ring (bicyclic) bond motifs is 3. The van der Waals surface area contributed by atoms with Crippen LogP contribution in [0.1, 0.15) is 16.4 Å². The largest absolute Gasteiger partial charge is 0.312 e. The Labute approximate surface area is 88.9 Å². The molecule has 0 bridgehead atoms. The van der Waals surface area contributed by atoms with Gasteiger partial charge in [-0.3, -0.25) is 0 Å². The molecule has 76 valence electrons. The highest BCUT2D eigenvalue weighted by Gasteiger charge is 2.35. The summed E-state index contributed by atoms with van der Waals surface area (Å²) < 4.78 is 0. The van der Waals surface area contributed by atoms with E-state index in [2.05, 4.69) is 28.7 Å². The fourth-order valence-electron chi connectivity index (χ4n) is 2.74. The molecule has 1 saturated heterocycles. The van der Waals surface area contributed by atoms with Crippen LogP contribution in [0.5, 0.6) is 0 Å². The van der Waals surface area contributed by atoms with Crippen molar-refractivity contribution in [1.82, 2.24) is 10.2 Å². The smallest absolute Gasteiger partial charge is 0.0283 e. The van der Waals surface area contributed by atoms with Gasteiger partial charge in [0.15, 0.2) is 0 Å². The number of nitrogens with one attached hydrogen (secondary N) is 1. The first-order valence-corrected chi connectivity index (χ1v) is 6.21. The molecular formula is C11H16N2S. The van der Waals surface area contributed by atoms with Crippen LogP contribution in [0.2, 0.25) is 0 Å². The van der Waals surface area contributed by atoms with Crippen LogP contribution in [0.3, 0.4) is 0 Å². The molecule has 1 N–H and O–H groups in total. The molecule has 3 rings (SSSR count). The van der Waals surface area contributed by atoms with Gasteiger partial charge in [0.05, 0.1) is 0 Å². The Balaban J connectivity index is 1.98. The average Bonchev–Trinajstić information content (AvgIpc) is 2.70. The minimum Gasteiger partial charge on any atom is -0.312 e. The number of likely N-dealkylation sites (tertiary alicyclic amines) is 1. The average molecular weight is 208 g/mol. The maximum absolute atomic E-state index is 3.67. The van der Waals surface area contributed by atoms with Gasteiger partial charge in [-0.1, -0.05) is 0 Å². The zero-order valence-corrected chi connectivity index (χ0v) is 9.31. The Morgan fingerprint density at radius 2 is 2.43 bits per heavy atom. The highest BCUT2D eigenvalue weighted by molar-refractivity contribution is 7.10. The third-order valence-corrected chi connectivity index (χ3v) is 4.51. The third-order valence-electron chi connectivity index (χ3n) is 3.42. The highest BCUT2D eigenvalue weighted by atomic mass is 32.1. The molecule has 0 aliphatic carbocycles. The van der Waals surface area contributed by atoms with Crippen molar-refractivity contribution in [1.29, 1.82) is 0 Å². The molecule has 2 unspecified atom stereocenters. The predicted octanol–water partition coefficient (Wildman–Crippen LogP) is 1.29. The molecule has 2 aliphatic rings. The molecule has 14 heavy (non-hydrogen) atoms. The van der Waals surface area contributed by atoms with Crippen molar-refractivity contribution >= 4 is 11.3 Å². The van der Waals surface area contributed by atoms with Crippen molar-refractivity contribution in [3.63, 3.8) is 0 Å². The minimum atomic E-state index is 0.694. The molecule has 0 spiro atoms. The van der Waals surface area contributed by atoms with Gasteiger partial charge in [-0.05, 0) is 37.0 Å². The maximum atomic E-state index is 3.67. The Kier molecular flexibility index (Phi) is 2.11. The standard InChI is InChI=1S/C11H16N2S/c1-13-6-9-10(7-13)12-4-2-8-3-5-14-11(8)9/h3,5,9-10,12H,2,4,6-7H2,1H3. The predicted molar refractivity (Wildman–Crippen MR) is 60.1 cm³/mol. The van der Waals surface area contributed by atoms with Crippen LogP contribution in [0.15, 0.2) is 11.4 Å². The number of hydrogen-bond acceptors (Lipinski definition) is 3. The minimum absolute atomic E-state index is 0.694. The van der Waals surface area contributed by atoms with E-state index >= 15 is 0 Å². The van der Waals surface area contributed by atoms with Crippen LogP contribution in [0, 0.1) is 0 Å². The number of likely N-dealkylation sites (N-methyl/N-ethyl adjacent to an activating group) is 1. The van der Waals surface area contributed by atoms with Gasteiger partial charge in [0.25, 0.3) is 0 Å². The second-order valence-corrected chi connectivity index (χ2v) is 5.40. The Morgan fingerprint density at radius 3 is 3.36 bits per heavy atom. The van der Waals surface area contributed by atoms with Crippen LogP contribution in [0.25, 0.3) is 0 Å². The second kappa shape index (κ2) is 3.33. The van der Waals surface area contributed by atoms with Gasteiger partial charge in [0, 0.05) is 29.9 Å². The molecule has 0 amide bonds. The lowest BCUT2D eigenvalue weighted by atomic mass is 10.00. The molecule has 1 aromatic heterocycles. The van der Waals surface area contributed by atoms with Gasteiger partial charge in [-0.15, -0.1) is 11.3 Å². The summed E-state index contributed by atoms with van der Waals surface area (Å²) in [6.45, 7) is 3.59. The van der Waals surface area contributed by atoms with E-state index in [9.17, 15) is 0 Å². The highest BCUT2D eigenvalue weighted by Crippen LogP contribution is 2.34. The van der Waals surface area contributed by atoms with Crippen molar-refractivity contribution in [2.24, 2.45) is 0 Å². The van der Waals surface area contributed by atoms with Gasteiger partial charge in [0.1, 0.15) is 0 Å². The first-order valence-electron chi connectivity index (χ1n) is 5.33. The van der Waals surface area contributed by atoms with E-state index in [1.807, 2.05) is 11.3 Å². The zero-order chi connectivity index (χ0) is 9.54. The van der Waals surface area contributed by atoms with E-state index in [0.717, 1.165) is 12.5 Å². The van der Waals surface area contributed by atoms with Crippen LogP contribution in [-0.4, -0.2) is 37.6 Å². The van der Waals surface area contributed by atoms with Crippen molar-refractivity contribution in [2.45, 2.75) is 18.4 Å². The van der Waals surface area contributed by atoms with E-state index in [0.29, 0.717) is 6.04 Å². The fourth-order valence-corrected chi connectivity index (χ4v) is 3.86. The lowest BCUT2D eigenvalue weighted by molar-refractivity contribution is 0.397. The summed E-state index contributed by atoms with van der Waals surface area (Å²) in [6, 6.07) is 3.00. The molecule has 2 aliphatic heterocycles. The van der Waals surface area contributed by atoms with E-state index in [4.69, 9.17) is 0 Å². The molecule has 2 nitrogen and oxygen atoms in total. The maximum Gasteiger partial charge on any atom is 0.0283 e. The van der Waals surface area contributed by atoms with Crippen LogP contribution in [-0.2, 0) is 6.42 Å². The van der Waals surface area contributed by atoms with Crippen molar-refractivity contribution in [3.05, 3.63) is 21.9 Å². The van der Waals surface area contributed by atoms with E-state index in [1.54, 1.807) is 10.4 Å². The van der Waals surface area contributed by atoms with E-state index < -0.39 is 0 Å². The number of rotatable bonds is 0. The van der Waals surface area contributed by atoms with E-state index in [1.165, 1.54) is 19.5 Å². The summed E-state index contributed by atoms with van der Waals surface area (Å²) in [7, 11) is 2.23. The molecule has 0 radical (unpaired) electrons. The monoisotopic (exact) mass is 208 g/mol. The summed E-state index contributed by atoms with van der Waals surface area (Å²) in [4.78, 5) is 4.08. The molecular weight excluding hydrogens is 192 g/mol. The Morgan fingerprint density at radius 1 is 1.50 bits per heavy atom. The van der Waals surface area contributed by atoms with Gasteiger partial charge >= 0.3 is 0 Å². The van der Waals surface area contributed by atoms with Crippen molar-refractivity contribution in [3.8, 4) is 0 Å². The molecule has 0 aromatic carbocycles. The molecule has 3 heteroatoms. The summed E-state index contributed by atoms with van der Waals surface area (Å²) in [5.74, 6) is 0.748. The first-order chi connectivity index (χ1) is 6.84. The quantitative estimate of drug-likeness (QED) is 0.691. The lowest BCUT2D eigenvalue weighted by Crippen LogP contribution is -2.34. The normalized spacial score (nSPS) is 32.4. The van der Waals surface area contributed by atoms with E-state index in [-0.39, 0.29) is 0 Å². The van der Waals surface area contributed by atoms with Crippen LogP contribution >= 0.6 is 11.3 Å². The molecule has 2 atom stereocenters. The summed E-state index contributed by atoms with van der Waals surface area (Å²) in [5, 5.41) is 5.93. The Bertz CT molecular complexity index is 334. The summed E-state index contributed by atoms with van der Waals surface area (Å²) in [5.41, 5.74) is 1.59. The lowest BCUT2D eigenvalue weighted by Gasteiger charge is -2.15. The molecule has 1 aromatic rings. The van der Waals surface area contributed by atoms with Crippen molar-refractivity contribution < 1.29 is 0 Å². The summed E-state index contributed by atoms with van der Waals surface area (Å²) in [6.07, 6.45) is 1.22. The Hall–Kier alpha value is -0.380. The number of nitrogens with zero attached hydrogens (tertiary/aromatic N) is 1. The van der Waals surface area contributed by atoms with Gasteiger partial charge in [0.2, 0.25) is 0 Å². The second-order valence-electron chi connectivity index (χ2n) is 4.45. The first kappa shape index (κ1) is 8.89. The molecule has 0 saturated carbocycles. The summed E-state index contributed by atoms with van der Waals surface area (Å²) >= 11 is 1.95. The van der Waals surface area contributed by atoms with Crippen LogP contribution in [0.4, 0.5) is 0 Å². The van der Waals surface area contributed by atoms with Gasteiger partial charge in [-0.2, -0.15) is 0 Å². The third kappa shape index (κ3) is 1.31. The zero-order valence-electron chi connectivity index (χ0n) is 8.49. The topological polar surface area (TPSA) is 15.3 Å².